The van der Waals surface area contributed by atoms with Gasteiger partial charge in [0.15, 0.2) is 39.6 Å². The topological polar surface area (TPSA) is 46.2 Å². The minimum Gasteiger partial charge on any atom is -0.415 e. The zero-order chi connectivity index (χ0) is 21.3. The number of hydrogen-bond donors (Lipinski definition) is 0. The van der Waals surface area contributed by atoms with Gasteiger partial charge in [-0.2, -0.15) is 0 Å². The molecule has 1 aliphatic rings. The molecule has 162 valence electrons. The smallest absolute Gasteiger partial charge is 0.187 e. The molecule has 1 saturated heterocycles. The Morgan fingerprint density at radius 2 is 1.15 bits per heavy atom. The predicted molar refractivity (Wildman–Crippen MR) is 123 cm³/mol. The first-order chi connectivity index (χ1) is 11.8. The summed E-state index contributed by atoms with van der Waals surface area (Å²) >= 11 is 0. The first kappa shape index (κ1) is 25.7. The number of rotatable bonds is 9. The van der Waals surface area contributed by atoms with Crippen molar-refractivity contribution in [3.63, 3.8) is 0 Å². The summed E-state index contributed by atoms with van der Waals surface area (Å²) in [5.41, 5.74) is 0. The molecule has 0 radical (unpaired) electrons. The van der Waals surface area contributed by atoms with E-state index in [0.717, 1.165) is 6.42 Å². The van der Waals surface area contributed by atoms with Crippen LogP contribution in [0.3, 0.4) is 0 Å². The molecule has 1 aliphatic heterocycles. The Balaban J connectivity index is 3.10. The Morgan fingerprint density at radius 1 is 0.667 bits per heavy atom. The quantitative estimate of drug-likeness (QED) is 0.447. The monoisotopic (exact) mass is 452 g/mol. The SMILES string of the molecule is C[Si](C)(C)OCC1OC(O[Si](C)(C)C)CC(O[Si](C)(C)C)C1O[Si](C)(C)C. The lowest BCUT2D eigenvalue weighted by Crippen LogP contribution is -2.59. The van der Waals surface area contributed by atoms with E-state index in [0.29, 0.717) is 6.61 Å². The number of hydrogen-bond acceptors (Lipinski definition) is 5. The van der Waals surface area contributed by atoms with Gasteiger partial charge < -0.3 is 22.4 Å². The minimum atomic E-state index is -1.77. The van der Waals surface area contributed by atoms with Crippen LogP contribution in [0.2, 0.25) is 78.6 Å². The van der Waals surface area contributed by atoms with Gasteiger partial charge in [0.05, 0.1) is 18.8 Å². The molecular formula is C18H44O5Si4. The van der Waals surface area contributed by atoms with Crippen LogP contribution in [0.4, 0.5) is 0 Å². The van der Waals surface area contributed by atoms with E-state index in [1.54, 1.807) is 0 Å². The highest BCUT2D eigenvalue weighted by molar-refractivity contribution is 6.71. The summed E-state index contributed by atoms with van der Waals surface area (Å²) in [5, 5.41) is 0. The molecule has 1 rings (SSSR count). The second-order valence-corrected chi connectivity index (χ2v) is 29.4. The van der Waals surface area contributed by atoms with E-state index in [1.807, 2.05) is 0 Å². The third kappa shape index (κ3) is 11.4. The van der Waals surface area contributed by atoms with Gasteiger partial charge in [-0.3, -0.25) is 0 Å². The highest BCUT2D eigenvalue weighted by Crippen LogP contribution is 2.32. The lowest BCUT2D eigenvalue weighted by Gasteiger charge is -2.47. The van der Waals surface area contributed by atoms with Crippen LogP contribution in [0.25, 0.3) is 0 Å². The van der Waals surface area contributed by atoms with Gasteiger partial charge >= 0.3 is 0 Å². The third-order valence-corrected chi connectivity index (χ3v) is 7.64. The fourth-order valence-electron chi connectivity index (χ4n) is 2.96. The standard InChI is InChI=1S/C18H44O5Si4/c1-24(2,3)19-14-16-18(23-27(10,11)12)15(21-25(4,5)6)13-17(20-16)22-26(7,8)9/h15-18H,13-14H2,1-12H3. The van der Waals surface area contributed by atoms with Crippen molar-refractivity contribution in [1.82, 2.24) is 0 Å². The number of ether oxygens (including phenoxy) is 1. The predicted octanol–water partition coefficient (Wildman–Crippen LogP) is 5.24. The maximum atomic E-state index is 6.60. The van der Waals surface area contributed by atoms with Gasteiger partial charge in [0.1, 0.15) is 6.10 Å². The lowest BCUT2D eigenvalue weighted by molar-refractivity contribution is -0.224. The fraction of sp³-hybridized carbons (Fsp3) is 1.00. The molecule has 9 heteroatoms. The Hall–Kier alpha value is 0.668. The van der Waals surface area contributed by atoms with Crippen LogP contribution < -0.4 is 0 Å². The van der Waals surface area contributed by atoms with E-state index in [9.17, 15) is 0 Å². The molecule has 1 fully saturated rings. The molecule has 0 bridgehead atoms. The van der Waals surface area contributed by atoms with Crippen molar-refractivity contribution < 1.29 is 22.4 Å². The van der Waals surface area contributed by atoms with Crippen LogP contribution in [0.1, 0.15) is 6.42 Å². The highest BCUT2D eigenvalue weighted by atomic mass is 28.4. The maximum absolute atomic E-state index is 6.60. The van der Waals surface area contributed by atoms with E-state index < -0.39 is 33.3 Å². The molecule has 0 aromatic carbocycles. The van der Waals surface area contributed by atoms with Gasteiger partial charge in [-0.05, 0) is 78.6 Å². The van der Waals surface area contributed by atoms with Crippen LogP contribution in [0.15, 0.2) is 0 Å². The van der Waals surface area contributed by atoms with Crippen LogP contribution in [-0.2, 0) is 22.4 Å². The van der Waals surface area contributed by atoms with Gasteiger partial charge in [-0.25, -0.2) is 0 Å². The molecule has 0 saturated carbocycles. The van der Waals surface area contributed by atoms with Crippen LogP contribution in [0, 0.1) is 0 Å². The molecule has 0 aliphatic carbocycles. The second kappa shape index (κ2) is 9.21. The van der Waals surface area contributed by atoms with Crippen molar-refractivity contribution in [3.8, 4) is 0 Å². The van der Waals surface area contributed by atoms with Crippen molar-refractivity contribution in [2.45, 2.75) is 110 Å². The fourth-order valence-corrected chi connectivity index (χ4v) is 6.82. The zero-order valence-corrected chi connectivity index (χ0v) is 23.8. The molecule has 0 spiro atoms. The van der Waals surface area contributed by atoms with E-state index >= 15 is 0 Å². The maximum Gasteiger partial charge on any atom is 0.187 e. The van der Waals surface area contributed by atoms with Gasteiger partial charge in [-0.1, -0.05) is 0 Å². The van der Waals surface area contributed by atoms with Gasteiger partial charge in [0.2, 0.25) is 0 Å². The zero-order valence-electron chi connectivity index (χ0n) is 19.8. The van der Waals surface area contributed by atoms with E-state index in [1.165, 1.54) is 0 Å². The molecule has 0 aromatic rings. The average molecular weight is 453 g/mol. The molecule has 4 atom stereocenters. The summed E-state index contributed by atoms with van der Waals surface area (Å²) in [6, 6.07) is 0. The minimum absolute atomic E-state index is 0.00581. The normalized spacial score (nSPS) is 28.4. The van der Waals surface area contributed by atoms with Crippen molar-refractivity contribution in [2.24, 2.45) is 0 Å². The van der Waals surface area contributed by atoms with Crippen LogP contribution in [-0.4, -0.2) is 64.5 Å². The second-order valence-electron chi connectivity index (χ2n) is 11.5. The molecule has 27 heavy (non-hydrogen) atoms. The van der Waals surface area contributed by atoms with Crippen LogP contribution in [0.5, 0.6) is 0 Å². The molecule has 5 nitrogen and oxygen atoms in total. The Kier molecular flexibility index (Phi) is 8.77. The lowest BCUT2D eigenvalue weighted by atomic mass is 10.0. The summed E-state index contributed by atoms with van der Waals surface area (Å²) in [6.07, 6.45) is 0.234. The van der Waals surface area contributed by atoms with Gasteiger partial charge in [0.25, 0.3) is 0 Å². The summed E-state index contributed by atoms with van der Waals surface area (Å²) in [4.78, 5) is 0. The summed E-state index contributed by atoms with van der Waals surface area (Å²) in [7, 11) is -6.88. The molecule has 0 N–H and O–H groups in total. The van der Waals surface area contributed by atoms with Crippen molar-refractivity contribution >= 4 is 33.3 Å². The summed E-state index contributed by atoms with van der Waals surface area (Å²) in [5.74, 6) is 0. The third-order valence-electron chi connectivity index (χ3n) is 3.64. The molecule has 0 amide bonds. The highest BCUT2D eigenvalue weighted by Gasteiger charge is 2.45. The Bertz CT molecular complexity index is 462. The van der Waals surface area contributed by atoms with Gasteiger partial charge in [0, 0.05) is 6.42 Å². The molecule has 0 aromatic heterocycles. The first-order valence-electron chi connectivity index (χ1n) is 10.2. The van der Waals surface area contributed by atoms with Gasteiger partial charge in [-0.15, -0.1) is 0 Å². The van der Waals surface area contributed by atoms with E-state index in [4.69, 9.17) is 22.4 Å². The first-order valence-corrected chi connectivity index (χ1v) is 23.8. The molecular weight excluding hydrogens is 409 g/mol. The van der Waals surface area contributed by atoms with E-state index in [-0.39, 0.29) is 24.6 Å². The van der Waals surface area contributed by atoms with Crippen molar-refractivity contribution in [3.05, 3.63) is 0 Å². The van der Waals surface area contributed by atoms with Crippen molar-refractivity contribution in [2.75, 3.05) is 6.61 Å². The van der Waals surface area contributed by atoms with Crippen molar-refractivity contribution in [1.29, 1.82) is 0 Å². The summed E-state index contributed by atoms with van der Waals surface area (Å²) < 4.78 is 32.1. The Morgan fingerprint density at radius 3 is 1.56 bits per heavy atom. The van der Waals surface area contributed by atoms with Crippen LogP contribution >= 0.6 is 0 Å². The summed E-state index contributed by atoms with van der Waals surface area (Å²) in [6.45, 7) is 27.1. The average Bonchev–Trinajstić information content (AvgIpc) is 2.33. The van der Waals surface area contributed by atoms with E-state index in [2.05, 4.69) is 78.6 Å². The largest absolute Gasteiger partial charge is 0.415 e. The Labute approximate surface area is 172 Å². The molecule has 1 heterocycles. The molecule has 4 unspecified atom stereocenters.